The number of pyridine rings is 1. The zero-order valence-electron chi connectivity index (χ0n) is 12.1. The molecule has 0 aliphatic heterocycles. The molecule has 0 saturated carbocycles. The lowest BCUT2D eigenvalue weighted by atomic mass is 10.2. The van der Waals surface area contributed by atoms with Crippen molar-refractivity contribution in [2.45, 2.75) is 26.2 Å². The average molecular weight is 334 g/mol. The lowest BCUT2D eigenvalue weighted by molar-refractivity contribution is 0.293. The van der Waals surface area contributed by atoms with Crippen LogP contribution in [0.4, 0.5) is 0 Å². The summed E-state index contributed by atoms with van der Waals surface area (Å²) in [6.07, 6.45) is 4.77. The van der Waals surface area contributed by atoms with Crippen LogP contribution in [0.15, 0.2) is 18.3 Å². The Bertz CT molecular complexity index is 491. The monoisotopic (exact) mass is 334 g/mol. The molecule has 0 aliphatic rings. The molecule has 8 heteroatoms. The molecule has 2 N–H and O–H groups in total. The first-order chi connectivity index (χ1) is 9.97. The van der Waals surface area contributed by atoms with E-state index < -0.39 is 9.15 Å². The highest BCUT2D eigenvalue weighted by molar-refractivity contribution is 8.69. The van der Waals surface area contributed by atoms with Crippen LogP contribution in [-0.2, 0) is 9.15 Å². The Morgan fingerprint density at radius 2 is 2.10 bits per heavy atom. The average Bonchev–Trinajstić information content (AvgIpc) is 2.42. The Morgan fingerprint density at radius 3 is 2.76 bits per heavy atom. The van der Waals surface area contributed by atoms with Crippen molar-refractivity contribution in [2.24, 2.45) is 0 Å². The van der Waals surface area contributed by atoms with Gasteiger partial charge in [0.25, 0.3) is 0 Å². The summed E-state index contributed by atoms with van der Waals surface area (Å²) < 4.78 is 34.9. The van der Waals surface area contributed by atoms with Gasteiger partial charge in [-0.15, -0.1) is 0 Å². The number of hydrogen-bond acceptors (Lipinski definition) is 6. The molecule has 1 rings (SSSR count). The molecule has 1 aromatic heterocycles. The smallest absolute Gasteiger partial charge is 0.319 e. The van der Waals surface area contributed by atoms with Gasteiger partial charge in [-0.3, -0.25) is 4.55 Å². The van der Waals surface area contributed by atoms with Gasteiger partial charge in [-0.1, -0.05) is 6.07 Å². The van der Waals surface area contributed by atoms with E-state index >= 15 is 0 Å². The van der Waals surface area contributed by atoms with Crippen LogP contribution in [0.1, 0.15) is 24.8 Å². The van der Waals surface area contributed by atoms with Crippen molar-refractivity contribution >= 4 is 19.9 Å². The minimum absolute atomic E-state index is 0.348. The molecule has 0 unspecified atom stereocenters. The van der Waals surface area contributed by atoms with E-state index in [4.69, 9.17) is 9.29 Å². The number of aryl methyl sites for hydroxylation is 1. The first kappa shape index (κ1) is 18.2. The summed E-state index contributed by atoms with van der Waals surface area (Å²) in [5.41, 5.74) is 1.11. The Kier molecular flexibility index (Phi) is 8.67. The van der Waals surface area contributed by atoms with Crippen LogP contribution in [-0.4, -0.2) is 43.4 Å². The molecule has 1 heterocycles. The molecule has 0 aromatic carbocycles. The van der Waals surface area contributed by atoms with Crippen LogP contribution < -0.4 is 10.1 Å². The fourth-order valence-corrected chi connectivity index (χ4v) is 2.91. The maximum atomic E-state index is 10.4. The Balaban J connectivity index is 1.90. The number of unbranched alkanes of at least 4 members (excludes halogenated alkanes) is 2. The molecule has 0 saturated heterocycles. The highest BCUT2D eigenvalue weighted by atomic mass is 33.1. The number of nitrogens with one attached hydrogen (secondary N) is 1. The van der Waals surface area contributed by atoms with Crippen molar-refractivity contribution in [1.29, 1.82) is 0 Å². The number of rotatable bonds is 11. The third-order valence-electron chi connectivity index (χ3n) is 2.64. The van der Waals surface area contributed by atoms with Gasteiger partial charge in [0.05, 0.1) is 6.61 Å². The zero-order valence-corrected chi connectivity index (χ0v) is 13.8. The van der Waals surface area contributed by atoms with Crippen molar-refractivity contribution < 1.29 is 17.7 Å². The summed E-state index contributed by atoms with van der Waals surface area (Å²) in [6.45, 7) is 4.02. The number of hydrogen-bond donors (Lipinski definition) is 2. The van der Waals surface area contributed by atoms with Gasteiger partial charge in [-0.05, 0) is 49.1 Å². The van der Waals surface area contributed by atoms with Crippen LogP contribution >= 0.6 is 10.8 Å². The quantitative estimate of drug-likeness (QED) is 0.364. The lowest BCUT2D eigenvalue weighted by Crippen LogP contribution is -2.19. The molecular formula is C13H22N2O4S2. The Morgan fingerprint density at radius 1 is 1.29 bits per heavy atom. The van der Waals surface area contributed by atoms with E-state index in [-0.39, 0.29) is 0 Å². The summed E-state index contributed by atoms with van der Waals surface area (Å²) in [6, 6.07) is 3.83. The van der Waals surface area contributed by atoms with Crippen LogP contribution in [0, 0.1) is 6.92 Å². The Hall–Kier alpha value is -0.830. The molecular weight excluding hydrogens is 312 g/mol. The fourth-order valence-electron chi connectivity index (χ4n) is 1.59. The molecule has 6 nitrogen and oxygen atoms in total. The molecule has 0 radical (unpaired) electrons. The SMILES string of the molecule is Cc1ccc(OCCCCCNCCSS(=O)(=O)O)nc1. The predicted molar refractivity (Wildman–Crippen MR) is 85.2 cm³/mol. The standard InChI is InChI=1S/C13H22N2O4S2/c1-12-5-6-13(15-11-12)19-9-4-2-3-7-14-8-10-20-21(16,17)18/h5-6,11,14H,2-4,7-10H2,1H3,(H,16,17,18). The van der Waals surface area contributed by atoms with Gasteiger partial charge in [-0.2, -0.15) is 8.42 Å². The molecule has 0 bridgehead atoms. The lowest BCUT2D eigenvalue weighted by Gasteiger charge is -2.06. The molecule has 0 atom stereocenters. The number of ether oxygens (including phenoxy) is 1. The van der Waals surface area contributed by atoms with Crippen molar-refractivity contribution in [2.75, 3.05) is 25.4 Å². The first-order valence-corrected chi connectivity index (χ1v) is 9.79. The van der Waals surface area contributed by atoms with E-state index in [2.05, 4.69) is 10.3 Å². The molecule has 0 aliphatic carbocycles. The van der Waals surface area contributed by atoms with E-state index in [1.165, 1.54) is 0 Å². The van der Waals surface area contributed by atoms with E-state index in [9.17, 15) is 8.42 Å². The highest BCUT2D eigenvalue weighted by Crippen LogP contribution is 2.08. The summed E-state index contributed by atoms with van der Waals surface area (Å²) >= 11 is 0. The molecule has 1 aromatic rings. The van der Waals surface area contributed by atoms with Gasteiger partial charge in [-0.25, -0.2) is 4.98 Å². The molecule has 120 valence electrons. The maximum absolute atomic E-state index is 10.4. The van der Waals surface area contributed by atoms with Gasteiger partial charge >= 0.3 is 9.15 Å². The van der Waals surface area contributed by atoms with Crippen LogP contribution in [0.25, 0.3) is 0 Å². The Labute approximate surface area is 129 Å². The normalized spacial score (nSPS) is 11.5. The van der Waals surface area contributed by atoms with Gasteiger partial charge in [0, 0.05) is 24.6 Å². The largest absolute Gasteiger partial charge is 0.478 e. The maximum Gasteiger partial charge on any atom is 0.319 e. The van der Waals surface area contributed by atoms with Crippen LogP contribution in [0.3, 0.4) is 0 Å². The highest BCUT2D eigenvalue weighted by Gasteiger charge is 2.03. The topological polar surface area (TPSA) is 88.5 Å². The third-order valence-corrected chi connectivity index (χ3v) is 4.71. The van der Waals surface area contributed by atoms with Crippen molar-refractivity contribution in [3.8, 4) is 5.88 Å². The number of nitrogens with zero attached hydrogens (tertiary/aromatic N) is 1. The molecule has 0 amide bonds. The minimum atomic E-state index is -3.90. The second-order valence-corrected chi connectivity index (χ2v) is 8.05. The van der Waals surface area contributed by atoms with E-state index in [0.717, 1.165) is 31.4 Å². The summed E-state index contributed by atoms with van der Waals surface area (Å²) in [4.78, 5) is 4.16. The summed E-state index contributed by atoms with van der Waals surface area (Å²) in [7, 11) is -3.36. The second-order valence-electron chi connectivity index (χ2n) is 4.58. The van der Waals surface area contributed by atoms with Gasteiger partial charge in [0.15, 0.2) is 0 Å². The van der Waals surface area contributed by atoms with Crippen molar-refractivity contribution in [3.05, 3.63) is 23.9 Å². The number of aromatic nitrogens is 1. The third kappa shape index (κ3) is 10.5. The fraction of sp³-hybridized carbons (Fsp3) is 0.615. The zero-order chi connectivity index (χ0) is 15.6. The summed E-state index contributed by atoms with van der Waals surface area (Å²) in [5, 5.41) is 3.12. The van der Waals surface area contributed by atoms with Crippen LogP contribution in [0.5, 0.6) is 5.88 Å². The molecule has 21 heavy (non-hydrogen) atoms. The predicted octanol–water partition coefficient (Wildman–Crippen LogP) is 2.06. The van der Waals surface area contributed by atoms with Gasteiger partial charge in [0.1, 0.15) is 0 Å². The van der Waals surface area contributed by atoms with Gasteiger partial charge in [0.2, 0.25) is 5.88 Å². The second kappa shape index (κ2) is 9.99. The van der Waals surface area contributed by atoms with Crippen molar-refractivity contribution in [1.82, 2.24) is 10.3 Å². The summed E-state index contributed by atoms with van der Waals surface area (Å²) in [5.74, 6) is 1.00. The van der Waals surface area contributed by atoms with Crippen molar-refractivity contribution in [3.63, 3.8) is 0 Å². The van der Waals surface area contributed by atoms with Crippen LogP contribution in [0.2, 0.25) is 0 Å². The molecule has 0 spiro atoms. The van der Waals surface area contributed by atoms with Gasteiger partial charge < -0.3 is 10.1 Å². The van der Waals surface area contributed by atoms with E-state index in [1.54, 1.807) is 6.20 Å². The van der Waals surface area contributed by atoms with E-state index in [0.29, 0.717) is 35.6 Å². The minimum Gasteiger partial charge on any atom is -0.478 e. The first-order valence-electron chi connectivity index (χ1n) is 6.85. The van der Waals surface area contributed by atoms with E-state index in [1.807, 2.05) is 19.1 Å². The molecule has 0 fully saturated rings.